The maximum absolute atomic E-state index is 13.5. The molecule has 0 N–H and O–H groups in total. The van der Waals surface area contributed by atoms with Crippen molar-refractivity contribution in [3.63, 3.8) is 0 Å². The van der Waals surface area contributed by atoms with Gasteiger partial charge in [-0.15, -0.1) is 0 Å². The molecule has 1 fully saturated rings. The van der Waals surface area contributed by atoms with Gasteiger partial charge < -0.3 is 9.47 Å². The molecule has 0 saturated carbocycles. The number of carbonyl (C=O) groups is 3. The van der Waals surface area contributed by atoms with Gasteiger partial charge in [0.1, 0.15) is 5.57 Å². The van der Waals surface area contributed by atoms with E-state index in [9.17, 15) is 14.4 Å². The average molecular weight is 521 g/mol. The number of methoxy groups -OCH3 is 1. The van der Waals surface area contributed by atoms with Gasteiger partial charge in [0.2, 0.25) is 0 Å². The first-order valence-electron chi connectivity index (χ1n) is 10.5. The number of hydrogen-bond acceptors (Lipinski definition) is 5. The lowest BCUT2D eigenvalue weighted by Crippen LogP contribution is -2.57. The second-order valence-corrected chi connectivity index (χ2v) is 8.11. The number of carbonyl (C=O) groups excluding carboxylic acids is 3. The fraction of sp³-hybridized carbons (Fsp3) is 0.115. The Morgan fingerprint density at radius 3 is 1.85 bits per heavy atom. The average Bonchev–Trinajstić information content (AvgIpc) is 2.83. The summed E-state index contributed by atoms with van der Waals surface area (Å²) < 4.78 is 11.6. The Kier molecular flexibility index (Phi) is 6.79. The van der Waals surface area contributed by atoms with E-state index < -0.39 is 17.8 Å². The van der Waals surface area contributed by atoms with Crippen molar-refractivity contribution in [1.82, 2.24) is 0 Å². The third-order valence-electron chi connectivity index (χ3n) is 5.13. The topological polar surface area (TPSA) is 76.2 Å². The molecule has 1 saturated heterocycles. The number of imide groups is 2. The standard InChI is InChI=1S/C26H21BrN2O5/c1-3-34-22-16-17(15-21(27)23(22)33-2)14-20-24(30)28(18-10-6-4-7-11-18)26(32)29(25(20)31)19-12-8-5-9-13-19/h4-16H,3H2,1-2H3. The van der Waals surface area contributed by atoms with Crippen molar-refractivity contribution < 1.29 is 23.9 Å². The molecule has 4 rings (SSSR count). The van der Waals surface area contributed by atoms with Gasteiger partial charge in [-0.3, -0.25) is 9.59 Å². The van der Waals surface area contributed by atoms with Crippen LogP contribution in [0.2, 0.25) is 0 Å². The molecular formula is C26H21BrN2O5. The largest absolute Gasteiger partial charge is 0.492 e. The van der Waals surface area contributed by atoms with E-state index in [1.807, 2.05) is 6.92 Å². The Bertz CT molecular complexity index is 1210. The summed E-state index contributed by atoms with van der Waals surface area (Å²) in [5, 5.41) is 0. The van der Waals surface area contributed by atoms with Crippen LogP contribution in [0.5, 0.6) is 11.5 Å². The summed E-state index contributed by atoms with van der Waals surface area (Å²) in [5.74, 6) is -0.466. The van der Waals surface area contributed by atoms with Gasteiger partial charge in [-0.1, -0.05) is 36.4 Å². The molecular weight excluding hydrogens is 500 g/mol. The highest BCUT2D eigenvalue weighted by Gasteiger charge is 2.43. The van der Waals surface area contributed by atoms with E-state index in [4.69, 9.17) is 9.47 Å². The van der Waals surface area contributed by atoms with Crippen molar-refractivity contribution in [3.8, 4) is 11.5 Å². The van der Waals surface area contributed by atoms with Crippen molar-refractivity contribution in [2.45, 2.75) is 6.92 Å². The van der Waals surface area contributed by atoms with Gasteiger partial charge in [-0.05, 0) is 70.9 Å². The minimum absolute atomic E-state index is 0.160. The Morgan fingerprint density at radius 2 is 1.38 bits per heavy atom. The van der Waals surface area contributed by atoms with E-state index >= 15 is 0 Å². The first kappa shape index (κ1) is 23.3. The van der Waals surface area contributed by atoms with Crippen molar-refractivity contribution in [3.05, 3.63) is 88.4 Å². The molecule has 34 heavy (non-hydrogen) atoms. The normalized spacial score (nSPS) is 13.9. The lowest BCUT2D eigenvalue weighted by Gasteiger charge is -2.34. The smallest absolute Gasteiger partial charge is 0.343 e. The number of anilines is 2. The van der Waals surface area contributed by atoms with Crippen LogP contribution in [0.3, 0.4) is 0 Å². The van der Waals surface area contributed by atoms with Gasteiger partial charge in [0.05, 0.1) is 29.6 Å². The van der Waals surface area contributed by atoms with Gasteiger partial charge in [0.25, 0.3) is 11.8 Å². The molecule has 4 amide bonds. The van der Waals surface area contributed by atoms with E-state index in [-0.39, 0.29) is 5.57 Å². The van der Waals surface area contributed by atoms with Gasteiger partial charge >= 0.3 is 6.03 Å². The number of rotatable bonds is 6. The molecule has 0 atom stereocenters. The molecule has 0 aliphatic carbocycles. The fourth-order valence-electron chi connectivity index (χ4n) is 3.64. The Balaban J connectivity index is 1.87. The first-order chi connectivity index (χ1) is 16.5. The summed E-state index contributed by atoms with van der Waals surface area (Å²) in [6.07, 6.45) is 1.45. The quantitative estimate of drug-likeness (QED) is 0.319. The summed E-state index contributed by atoms with van der Waals surface area (Å²) in [7, 11) is 1.52. The van der Waals surface area contributed by atoms with E-state index in [2.05, 4.69) is 15.9 Å². The highest BCUT2D eigenvalue weighted by molar-refractivity contribution is 9.10. The summed E-state index contributed by atoms with van der Waals surface area (Å²) in [5.41, 5.74) is 1.10. The zero-order valence-corrected chi connectivity index (χ0v) is 20.1. The molecule has 0 radical (unpaired) electrons. The monoisotopic (exact) mass is 520 g/mol. The number of urea groups is 1. The highest BCUT2D eigenvalue weighted by atomic mass is 79.9. The molecule has 1 heterocycles. The lowest BCUT2D eigenvalue weighted by molar-refractivity contribution is -0.121. The van der Waals surface area contributed by atoms with E-state index in [1.165, 1.54) is 13.2 Å². The van der Waals surface area contributed by atoms with Crippen LogP contribution in [0.4, 0.5) is 16.2 Å². The number of hydrogen-bond donors (Lipinski definition) is 0. The van der Waals surface area contributed by atoms with Gasteiger partial charge in [-0.25, -0.2) is 14.6 Å². The number of para-hydroxylation sites is 2. The predicted octanol–water partition coefficient (Wildman–Crippen LogP) is 5.44. The van der Waals surface area contributed by atoms with Crippen LogP contribution in [0.1, 0.15) is 12.5 Å². The maximum atomic E-state index is 13.5. The van der Waals surface area contributed by atoms with Crippen LogP contribution in [-0.2, 0) is 9.59 Å². The number of ether oxygens (including phenoxy) is 2. The molecule has 0 bridgehead atoms. The molecule has 0 aromatic heterocycles. The van der Waals surface area contributed by atoms with E-state index in [0.717, 1.165) is 9.80 Å². The Morgan fingerprint density at radius 1 is 0.853 bits per heavy atom. The van der Waals surface area contributed by atoms with Crippen LogP contribution in [-0.4, -0.2) is 31.6 Å². The van der Waals surface area contributed by atoms with Gasteiger partial charge in [0.15, 0.2) is 11.5 Å². The van der Waals surface area contributed by atoms with Crippen LogP contribution in [0, 0.1) is 0 Å². The molecule has 172 valence electrons. The first-order valence-corrected chi connectivity index (χ1v) is 11.3. The molecule has 1 aliphatic rings. The second-order valence-electron chi connectivity index (χ2n) is 7.26. The summed E-state index contributed by atoms with van der Waals surface area (Å²) in [6.45, 7) is 2.24. The van der Waals surface area contributed by atoms with Crippen LogP contribution in [0.25, 0.3) is 6.08 Å². The summed E-state index contributed by atoms with van der Waals surface area (Å²) >= 11 is 3.45. The zero-order chi connectivity index (χ0) is 24.2. The molecule has 3 aromatic rings. The Labute approximate surface area is 205 Å². The molecule has 7 nitrogen and oxygen atoms in total. The van der Waals surface area contributed by atoms with Crippen molar-refractivity contribution in [2.75, 3.05) is 23.5 Å². The van der Waals surface area contributed by atoms with Crippen LogP contribution < -0.4 is 19.3 Å². The SMILES string of the molecule is CCOc1cc(C=C2C(=O)N(c3ccccc3)C(=O)N(c3ccccc3)C2=O)cc(Br)c1OC. The highest BCUT2D eigenvalue weighted by Crippen LogP contribution is 2.38. The third-order valence-corrected chi connectivity index (χ3v) is 5.71. The predicted molar refractivity (Wildman–Crippen MR) is 133 cm³/mol. The number of benzene rings is 3. The van der Waals surface area contributed by atoms with Gasteiger partial charge in [0, 0.05) is 0 Å². The number of halogens is 1. The molecule has 3 aromatic carbocycles. The van der Waals surface area contributed by atoms with E-state index in [1.54, 1.807) is 72.8 Å². The minimum atomic E-state index is -0.740. The summed E-state index contributed by atoms with van der Waals surface area (Å²) in [4.78, 5) is 42.3. The zero-order valence-electron chi connectivity index (χ0n) is 18.5. The Hall–Kier alpha value is -3.91. The number of barbiturate groups is 1. The van der Waals surface area contributed by atoms with E-state index in [0.29, 0.717) is 39.5 Å². The third kappa shape index (κ3) is 4.32. The van der Waals surface area contributed by atoms with Gasteiger partial charge in [-0.2, -0.15) is 0 Å². The number of nitrogens with zero attached hydrogens (tertiary/aromatic N) is 2. The fourth-order valence-corrected chi connectivity index (χ4v) is 4.26. The minimum Gasteiger partial charge on any atom is -0.492 e. The number of amides is 4. The van der Waals surface area contributed by atoms with Crippen molar-refractivity contribution in [1.29, 1.82) is 0 Å². The van der Waals surface area contributed by atoms with Crippen LogP contribution >= 0.6 is 15.9 Å². The molecule has 1 aliphatic heterocycles. The molecule has 0 spiro atoms. The second kappa shape index (κ2) is 9.93. The summed E-state index contributed by atoms with van der Waals surface area (Å²) in [6, 6.07) is 19.7. The van der Waals surface area contributed by atoms with Crippen molar-refractivity contribution in [2.24, 2.45) is 0 Å². The maximum Gasteiger partial charge on any atom is 0.343 e. The lowest BCUT2D eigenvalue weighted by atomic mass is 10.0. The van der Waals surface area contributed by atoms with Crippen molar-refractivity contribution >= 4 is 51.2 Å². The van der Waals surface area contributed by atoms with Crippen LogP contribution in [0.15, 0.2) is 82.8 Å². The molecule has 0 unspecified atom stereocenters. The molecule has 8 heteroatoms.